The van der Waals surface area contributed by atoms with E-state index in [0.717, 1.165) is 21.9 Å². The van der Waals surface area contributed by atoms with Crippen molar-refractivity contribution in [2.75, 3.05) is 11.6 Å². The lowest BCUT2D eigenvalue weighted by Crippen LogP contribution is -2.14. The summed E-state index contributed by atoms with van der Waals surface area (Å²) >= 11 is 10.3. The summed E-state index contributed by atoms with van der Waals surface area (Å²) in [6, 6.07) is 12.4. The van der Waals surface area contributed by atoms with Gasteiger partial charge in [-0.1, -0.05) is 46.8 Å². The Hall–Kier alpha value is -1.98. The number of nitrogens with zero attached hydrogens (tertiary/aromatic N) is 2. The van der Waals surface area contributed by atoms with Crippen LogP contribution in [-0.2, 0) is 26.8 Å². The summed E-state index contributed by atoms with van der Waals surface area (Å²) in [6.07, 6.45) is 1.30. The van der Waals surface area contributed by atoms with Crippen molar-refractivity contribution in [3.8, 4) is 0 Å². The third kappa shape index (κ3) is 5.83. The van der Waals surface area contributed by atoms with Gasteiger partial charge in [-0.05, 0) is 35.9 Å². The summed E-state index contributed by atoms with van der Waals surface area (Å²) in [6.45, 7) is 0. The Balaban J connectivity index is 1.36. The fourth-order valence-electron chi connectivity index (χ4n) is 2.68. The number of amides is 1. The van der Waals surface area contributed by atoms with Gasteiger partial charge in [0.25, 0.3) is 0 Å². The van der Waals surface area contributed by atoms with Gasteiger partial charge in [0, 0.05) is 22.4 Å². The van der Waals surface area contributed by atoms with Gasteiger partial charge in [-0.15, -0.1) is 11.3 Å². The minimum atomic E-state index is -3.29. The normalized spacial score (nSPS) is 11.7. The number of hydrogen-bond donors (Lipinski definition) is 1. The second-order valence-corrected chi connectivity index (χ2v) is 12.2. The van der Waals surface area contributed by atoms with Crippen molar-refractivity contribution in [3.05, 3.63) is 64.1 Å². The number of sulfone groups is 1. The van der Waals surface area contributed by atoms with E-state index in [1.54, 1.807) is 23.9 Å². The van der Waals surface area contributed by atoms with Gasteiger partial charge in [0.05, 0.1) is 27.2 Å². The second-order valence-electron chi connectivity index (χ2n) is 6.67. The van der Waals surface area contributed by atoms with E-state index in [1.807, 2.05) is 29.6 Å². The summed E-state index contributed by atoms with van der Waals surface area (Å²) in [7, 11) is -3.29. The van der Waals surface area contributed by atoms with Crippen LogP contribution in [0.15, 0.2) is 57.1 Å². The molecule has 0 saturated carbocycles. The molecule has 2 aromatic heterocycles. The fourth-order valence-corrected chi connectivity index (χ4v) is 6.25. The SMILES string of the molecule is CS(=O)(=O)c1ccc2nc(NC(=O)Cc3csc(SCc4ccc(Cl)cc4)n3)sc2c1. The molecule has 0 fully saturated rings. The number of anilines is 1. The highest BCUT2D eigenvalue weighted by molar-refractivity contribution is 8.00. The molecule has 1 amide bonds. The van der Waals surface area contributed by atoms with E-state index in [9.17, 15) is 13.2 Å². The van der Waals surface area contributed by atoms with Crippen LogP contribution in [0.3, 0.4) is 0 Å². The Morgan fingerprint density at radius 2 is 1.94 bits per heavy atom. The lowest BCUT2D eigenvalue weighted by molar-refractivity contribution is -0.115. The van der Waals surface area contributed by atoms with Crippen molar-refractivity contribution in [2.45, 2.75) is 21.4 Å². The zero-order chi connectivity index (χ0) is 22.0. The van der Waals surface area contributed by atoms with Gasteiger partial charge >= 0.3 is 0 Å². The first-order chi connectivity index (χ1) is 14.8. The zero-order valence-electron chi connectivity index (χ0n) is 16.2. The summed E-state index contributed by atoms with van der Waals surface area (Å²) in [5, 5.41) is 5.79. The van der Waals surface area contributed by atoms with E-state index in [-0.39, 0.29) is 17.2 Å². The highest BCUT2D eigenvalue weighted by atomic mass is 35.5. The van der Waals surface area contributed by atoms with Crippen LogP contribution in [0.1, 0.15) is 11.3 Å². The lowest BCUT2D eigenvalue weighted by atomic mass is 10.2. The number of fused-ring (bicyclic) bond motifs is 1. The molecule has 4 rings (SSSR count). The number of thiazole rings is 2. The monoisotopic (exact) mass is 509 g/mol. The van der Waals surface area contributed by atoms with Gasteiger partial charge in [-0.25, -0.2) is 18.4 Å². The molecule has 0 atom stereocenters. The van der Waals surface area contributed by atoms with Crippen LogP contribution in [0.5, 0.6) is 0 Å². The maximum atomic E-state index is 12.4. The molecular weight excluding hydrogens is 494 g/mol. The number of thioether (sulfide) groups is 1. The van der Waals surface area contributed by atoms with Crippen LogP contribution < -0.4 is 5.32 Å². The van der Waals surface area contributed by atoms with Crippen molar-refractivity contribution in [3.63, 3.8) is 0 Å². The molecular formula is C20H16ClN3O3S4. The maximum absolute atomic E-state index is 12.4. The van der Waals surface area contributed by atoms with E-state index in [1.165, 1.54) is 28.7 Å². The number of nitrogens with one attached hydrogen (secondary N) is 1. The van der Waals surface area contributed by atoms with Gasteiger partial charge < -0.3 is 5.32 Å². The summed E-state index contributed by atoms with van der Waals surface area (Å²) in [5.74, 6) is 0.555. The van der Waals surface area contributed by atoms with Gasteiger partial charge in [0.15, 0.2) is 15.0 Å². The summed E-state index contributed by atoms with van der Waals surface area (Å²) in [5.41, 5.74) is 2.49. The van der Waals surface area contributed by atoms with E-state index >= 15 is 0 Å². The molecule has 11 heteroatoms. The Bertz CT molecular complexity index is 1350. The topological polar surface area (TPSA) is 89.0 Å². The van der Waals surface area contributed by atoms with Crippen LogP contribution in [-0.4, -0.2) is 30.5 Å². The molecule has 0 radical (unpaired) electrons. The largest absolute Gasteiger partial charge is 0.302 e. The Kier molecular flexibility index (Phi) is 6.63. The first-order valence-corrected chi connectivity index (χ1v) is 13.9. The first kappa shape index (κ1) is 22.2. The Labute approximate surface area is 196 Å². The van der Waals surface area contributed by atoms with Crippen molar-refractivity contribution in [1.82, 2.24) is 9.97 Å². The van der Waals surface area contributed by atoms with Gasteiger partial charge in [0.2, 0.25) is 5.91 Å². The Morgan fingerprint density at radius 1 is 1.16 bits per heavy atom. The smallest absolute Gasteiger partial charge is 0.232 e. The number of carbonyl (C=O) groups is 1. The molecule has 0 aliphatic carbocycles. The third-order valence-electron chi connectivity index (χ3n) is 4.18. The second kappa shape index (κ2) is 9.25. The highest BCUT2D eigenvalue weighted by Crippen LogP contribution is 2.29. The number of benzene rings is 2. The molecule has 4 aromatic rings. The van der Waals surface area contributed by atoms with Crippen LogP contribution >= 0.6 is 46.0 Å². The summed E-state index contributed by atoms with van der Waals surface area (Å²) < 4.78 is 25.0. The molecule has 0 unspecified atom stereocenters. The minimum Gasteiger partial charge on any atom is -0.302 e. The average molecular weight is 510 g/mol. The quantitative estimate of drug-likeness (QED) is 0.341. The number of aromatic nitrogens is 2. The molecule has 0 aliphatic heterocycles. The van der Waals surface area contributed by atoms with E-state index < -0.39 is 9.84 Å². The standard InChI is InChI=1S/C20H16ClN3O3S4/c1-31(26,27)15-6-7-16-17(9-15)30-19(23-16)24-18(25)8-14-11-29-20(22-14)28-10-12-2-4-13(21)5-3-12/h2-7,9,11H,8,10H2,1H3,(H,23,24,25). The minimum absolute atomic E-state index is 0.141. The molecule has 1 N–H and O–H groups in total. The Morgan fingerprint density at radius 3 is 2.68 bits per heavy atom. The third-order valence-corrected chi connectivity index (χ3v) is 8.62. The molecule has 6 nitrogen and oxygen atoms in total. The van der Waals surface area contributed by atoms with Crippen molar-refractivity contribution >= 4 is 77.1 Å². The molecule has 0 spiro atoms. The van der Waals surface area contributed by atoms with Crippen molar-refractivity contribution in [2.24, 2.45) is 0 Å². The number of halogens is 1. The zero-order valence-corrected chi connectivity index (χ0v) is 20.2. The van der Waals surface area contributed by atoms with Crippen LogP contribution in [0.4, 0.5) is 5.13 Å². The van der Waals surface area contributed by atoms with Gasteiger partial charge in [-0.2, -0.15) is 0 Å². The molecule has 2 aromatic carbocycles. The lowest BCUT2D eigenvalue weighted by Gasteiger charge is -2.00. The molecule has 160 valence electrons. The van der Waals surface area contributed by atoms with E-state index in [0.29, 0.717) is 26.1 Å². The predicted octanol–water partition coefficient (Wildman–Crippen LogP) is 5.28. The molecule has 0 aliphatic rings. The summed E-state index contributed by atoms with van der Waals surface area (Å²) in [4.78, 5) is 21.5. The van der Waals surface area contributed by atoms with Crippen molar-refractivity contribution < 1.29 is 13.2 Å². The van der Waals surface area contributed by atoms with E-state index in [4.69, 9.17) is 11.6 Å². The highest BCUT2D eigenvalue weighted by Gasteiger charge is 2.14. The molecule has 0 bridgehead atoms. The predicted molar refractivity (Wildman–Crippen MR) is 128 cm³/mol. The molecule has 2 heterocycles. The van der Waals surface area contributed by atoms with Gasteiger partial charge in [0.1, 0.15) is 4.34 Å². The van der Waals surface area contributed by atoms with Crippen molar-refractivity contribution in [1.29, 1.82) is 0 Å². The van der Waals surface area contributed by atoms with Crippen LogP contribution in [0.25, 0.3) is 10.2 Å². The van der Waals surface area contributed by atoms with Gasteiger partial charge in [-0.3, -0.25) is 4.79 Å². The number of hydrogen-bond acceptors (Lipinski definition) is 8. The number of carbonyl (C=O) groups excluding carboxylic acids is 1. The fraction of sp³-hybridized carbons (Fsp3) is 0.150. The molecule has 31 heavy (non-hydrogen) atoms. The van der Waals surface area contributed by atoms with Crippen LogP contribution in [0.2, 0.25) is 5.02 Å². The first-order valence-electron chi connectivity index (χ1n) is 8.98. The maximum Gasteiger partial charge on any atom is 0.232 e. The molecule has 0 saturated heterocycles. The van der Waals surface area contributed by atoms with Crippen LogP contribution in [0, 0.1) is 0 Å². The van der Waals surface area contributed by atoms with E-state index in [2.05, 4.69) is 15.3 Å². The number of rotatable bonds is 7. The average Bonchev–Trinajstić information content (AvgIpc) is 3.32.